The van der Waals surface area contributed by atoms with Crippen molar-refractivity contribution in [1.29, 1.82) is 0 Å². The van der Waals surface area contributed by atoms with Crippen molar-refractivity contribution in [3.05, 3.63) is 35.6 Å². The van der Waals surface area contributed by atoms with Crippen LogP contribution in [0, 0.1) is 5.82 Å². The molecule has 2 unspecified atom stereocenters. The summed E-state index contributed by atoms with van der Waals surface area (Å²) in [6.07, 6.45) is -0.664. The molecule has 19 heavy (non-hydrogen) atoms. The summed E-state index contributed by atoms with van der Waals surface area (Å²) in [7, 11) is 0. The molecule has 5 heteroatoms. The number of nitrogens with two attached hydrogens (primary N) is 1. The third-order valence-electron chi connectivity index (χ3n) is 3.04. The second-order valence-corrected chi connectivity index (χ2v) is 4.57. The summed E-state index contributed by atoms with van der Waals surface area (Å²) in [6, 6.07) is 5.68. The molecular formula is C14H20FNO3. The number of aliphatic hydroxyl groups is 1. The van der Waals surface area contributed by atoms with E-state index in [1.54, 1.807) is 19.9 Å². The summed E-state index contributed by atoms with van der Waals surface area (Å²) >= 11 is 0. The van der Waals surface area contributed by atoms with Crippen LogP contribution in [0.3, 0.4) is 0 Å². The summed E-state index contributed by atoms with van der Waals surface area (Å²) in [6.45, 7) is 3.39. The van der Waals surface area contributed by atoms with Crippen molar-refractivity contribution in [2.24, 2.45) is 5.73 Å². The topological polar surface area (TPSA) is 72.5 Å². The van der Waals surface area contributed by atoms with Crippen molar-refractivity contribution in [2.45, 2.75) is 31.8 Å². The monoisotopic (exact) mass is 269 g/mol. The molecule has 1 aromatic rings. The molecule has 4 nitrogen and oxygen atoms in total. The van der Waals surface area contributed by atoms with Crippen LogP contribution in [0.25, 0.3) is 0 Å². The third-order valence-corrected chi connectivity index (χ3v) is 3.04. The van der Waals surface area contributed by atoms with Gasteiger partial charge in [-0.25, -0.2) is 4.39 Å². The van der Waals surface area contributed by atoms with Gasteiger partial charge in [-0.2, -0.15) is 0 Å². The van der Waals surface area contributed by atoms with Crippen LogP contribution in [-0.2, 0) is 14.9 Å². The van der Waals surface area contributed by atoms with E-state index in [2.05, 4.69) is 0 Å². The van der Waals surface area contributed by atoms with E-state index in [0.717, 1.165) is 0 Å². The number of halogens is 1. The normalized spacial score (nSPS) is 15.6. The predicted octanol–water partition coefficient (Wildman–Crippen LogP) is 1.36. The number of aliphatic hydroxyl groups excluding tert-OH is 1. The van der Waals surface area contributed by atoms with Crippen LogP contribution in [0.1, 0.15) is 25.8 Å². The average molecular weight is 269 g/mol. The van der Waals surface area contributed by atoms with Gasteiger partial charge in [-0.05, 0) is 38.0 Å². The number of rotatable bonds is 6. The molecule has 0 spiro atoms. The summed E-state index contributed by atoms with van der Waals surface area (Å²) < 4.78 is 18.4. The molecule has 0 heterocycles. The fraction of sp³-hybridized carbons (Fsp3) is 0.500. The van der Waals surface area contributed by atoms with E-state index in [1.807, 2.05) is 0 Å². The van der Waals surface area contributed by atoms with Gasteiger partial charge in [0, 0.05) is 6.54 Å². The van der Waals surface area contributed by atoms with Gasteiger partial charge in [-0.3, -0.25) is 4.79 Å². The quantitative estimate of drug-likeness (QED) is 0.765. The Hall–Kier alpha value is -1.46. The van der Waals surface area contributed by atoms with Gasteiger partial charge in [-0.1, -0.05) is 12.1 Å². The Morgan fingerprint density at radius 1 is 1.58 bits per heavy atom. The Morgan fingerprint density at radius 2 is 2.26 bits per heavy atom. The van der Waals surface area contributed by atoms with Crippen molar-refractivity contribution >= 4 is 5.97 Å². The lowest BCUT2D eigenvalue weighted by Gasteiger charge is -2.31. The number of carbonyl (C=O) groups excluding carboxylic acids is 1. The molecule has 0 radical (unpaired) electrons. The molecule has 0 saturated heterocycles. The minimum atomic E-state index is -1.22. The second kappa shape index (κ2) is 6.63. The van der Waals surface area contributed by atoms with E-state index < -0.39 is 23.3 Å². The van der Waals surface area contributed by atoms with E-state index in [9.17, 15) is 14.3 Å². The lowest BCUT2D eigenvalue weighted by Crippen LogP contribution is -2.46. The molecule has 0 aromatic heterocycles. The Kier molecular flexibility index (Phi) is 5.44. The van der Waals surface area contributed by atoms with Gasteiger partial charge < -0.3 is 15.6 Å². The molecule has 0 aliphatic carbocycles. The Bertz CT molecular complexity index is 436. The van der Waals surface area contributed by atoms with E-state index in [4.69, 9.17) is 10.5 Å². The lowest BCUT2D eigenvalue weighted by atomic mass is 9.76. The lowest BCUT2D eigenvalue weighted by molar-refractivity contribution is -0.151. The zero-order chi connectivity index (χ0) is 14.5. The molecule has 0 bridgehead atoms. The number of ether oxygens (including phenoxy) is 1. The van der Waals surface area contributed by atoms with Gasteiger partial charge >= 0.3 is 5.97 Å². The molecule has 0 saturated carbocycles. The highest BCUT2D eigenvalue weighted by Crippen LogP contribution is 2.31. The Morgan fingerprint density at radius 3 is 2.74 bits per heavy atom. The first kappa shape index (κ1) is 15.6. The highest BCUT2D eigenvalue weighted by molar-refractivity contribution is 5.83. The largest absolute Gasteiger partial charge is 0.465 e. The molecule has 106 valence electrons. The van der Waals surface area contributed by atoms with Gasteiger partial charge in [0.15, 0.2) is 0 Å². The molecule has 1 aromatic carbocycles. The summed E-state index contributed by atoms with van der Waals surface area (Å²) in [5.74, 6) is -0.991. The Balaban J connectivity index is 3.26. The maximum absolute atomic E-state index is 13.4. The zero-order valence-electron chi connectivity index (χ0n) is 11.2. The van der Waals surface area contributed by atoms with Crippen LogP contribution in [0.5, 0.6) is 0 Å². The number of benzene rings is 1. The van der Waals surface area contributed by atoms with Gasteiger partial charge in [0.2, 0.25) is 0 Å². The molecule has 2 atom stereocenters. The number of esters is 1. The van der Waals surface area contributed by atoms with E-state index in [1.165, 1.54) is 18.2 Å². The van der Waals surface area contributed by atoms with Crippen LogP contribution in [-0.4, -0.2) is 30.3 Å². The average Bonchev–Trinajstić information content (AvgIpc) is 2.36. The third kappa shape index (κ3) is 3.52. The second-order valence-electron chi connectivity index (χ2n) is 4.57. The first-order valence-corrected chi connectivity index (χ1v) is 6.27. The standard InChI is InChI=1S/C14H20FNO3/c1-3-19-13(18)14(9-16,8-10(2)17)11-5-4-6-12(15)7-11/h4-7,10,17H,3,8-9,16H2,1-2H3. The number of carbonyl (C=O) groups is 1. The fourth-order valence-corrected chi connectivity index (χ4v) is 2.16. The highest BCUT2D eigenvalue weighted by Gasteiger charge is 2.41. The van der Waals surface area contributed by atoms with Gasteiger partial charge in [0.05, 0.1) is 12.7 Å². The molecule has 0 amide bonds. The van der Waals surface area contributed by atoms with Gasteiger partial charge in [0.25, 0.3) is 0 Å². The van der Waals surface area contributed by atoms with E-state index >= 15 is 0 Å². The van der Waals surface area contributed by atoms with Crippen molar-refractivity contribution in [1.82, 2.24) is 0 Å². The Labute approximate surface area is 112 Å². The van der Waals surface area contributed by atoms with Crippen LogP contribution < -0.4 is 5.73 Å². The van der Waals surface area contributed by atoms with Crippen LogP contribution in [0.2, 0.25) is 0 Å². The smallest absolute Gasteiger partial charge is 0.317 e. The van der Waals surface area contributed by atoms with E-state index in [0.29, 0.717) is 5.56 Å². The van der Waals surface area contributed by atoms with Gasteiger partial charge in [-0.15, -0.1) is 0 Å². The van der Waals surface area contributed by atoms with Crippen molar-refractivity contribution in [3.8, 4) is 0 Å². The maximum Gasteiger partial charge on any atom is 0.317 e. The molecule has 0 aliphatic heterocycles. The van der Waals surface area contributed by atoms with Crippen molar-refractivity contribution in [2.75, 3.05) is 13.2 Å². The molecule has 3 N–H and O–H groups in total. The first-order valence-electron chi connectivity index (χ1n) is 6.27. The SMILES string of the molecule is CCOC(=O)C(CN)(CC(C)O)c1cccc(F)c1. The number of hydrogen-bond acceptors (Lipinski definition) is 4. The zero-order valence-corrected chi connectivity index (χ0v) is 11.2. The number of hydrogen-bond donors (Lipinski definition) is 2. The summed E-state index contributed by atoms with van der Waals surface area (Å²) in [4.78, 5) is 12.2. The van der Waals surface area contributed by atoms with Crippen LogP contribution in [0.15, 0.2) is 24.3 Å². The first-order chi connectivity index (χ1) is 8.96. The minimum Gasteiger partial charge on any atom is -0.465 e. The fourth-order valence-electron chi connectivity index (χ4n) is 2.16. The molecule has 0 aliphatic rings. The van der Waals surface area contributed by atoms with Crippen molar-refractivity contribution in [3.63, 3.8) is 0 Å². The predicted molar refractivity (Wildman–Crippen MR) is 70.1 cm³/mol. The molecule has 0 fully saturated rings. The minimum absolute atomic E-state index is 0.0554. The summed E-state index contributed by atoms with van der Waals surface area (Å²) in [5.41, 5.74) is 4.94. The summed E-state index contributed by atoms with van der Waals surface area (Å²) in [5, 5.41) is 9.61. The van der Waals surface area contributed by atoms with E-state index in [-0.39, 0.29) is 19.6 Å². The van der Waals surface area contributed by atoms with Crippen molar-refractivity contribution < 1.29 is 19.0 Å². The van der Waals surface area contributed by atoms with Crippen LogP contribution >= 0.6 is 0 Å². The highest BCUT2D eigenvalue weighted by atomic mass is 19.1. The molecule has 1 rings (SSSR count). The van der Waals surface area contributed by atoms with Gasteiger partial charge in [0.1, 0.15) is 11.2 Å². The van der Waals surface area contributed by atoms with Crippen LogP contribution in [0.4, 0.5) is 4.39 Å². The molecular weight excluding hydrogens is 249 g/mol. The maximum atomic E-state index is 13.4.